The van der Waals surface area contributed by atoms with Crippen LogP contribution in [0.15, 0.2) is 42.7 Å². The van der Waals surface area contributed by atoms with Crippen molar-refractivity contribution in [2.75, 3.05) is 5.32 Å². The van der Waals surface area contributed by atoms with Gasteiger partial charge in [0.1, 0.15) is 18.2 Å². The first-order valence-electron chi connectivity index (χ1n) is 5.76. The highest BCUT2D eigenvalue weighted by Gasteiger charge is 2.16. The highest BCUT2D eigenvalue weighted by atomic mass is 35.5. The van der Waals surface area contributed by atoms with E-state index >= 15 is 0 Å². The standard InChI is InChI=1S/C13H11ClN4O/c14-18-7-6-12-16-11(8-17(12)9-18)13(19)15-10-4-2-1-3-5-10/h1-8H,9H2,(H,15,19). The maximum atomic E-state index is 12.1. The molecule has 1 aliphatic rings. The Bertz CT molecular complexity index is 635. The molecule has 2 heterocycles. The van der Waals surface area contributed by atoms with Gasteiger partial charge in [-0.25, -0.2) is 4.98 Å². The first-order valence-corrected chi connectivity index (χ1v) is 6.10. The first-order chi connectivity index (χ1) is 9.22. The summed E-state index contributed by atoms with van der Waals surface area (Å²) >= 11 is 5.86. The van der Waals surface area contributed by atoms with Gasteiger partial charge in [0.25, 0.3) is 5.91 Å². The molecule has 0 saturated carbocycles. The van der Waals surface area contributed by atoms with E-state index in [1.54, 1.807) is 18.5 Å². The Labute approximate surface area is 115 Å². The highest BCUT2D eigenvalue weighted by Crippen LogP contribution is 2.15. The molecule has 0 atom stereocenters. The predicted octanol–water partition coefficient (Wildman–Crippen LogP) is 2.53. The van der Waals surface area contributed by atoms with Crippen LogP contribution in [-0.4, -0.2) is 19.9 Å². The molecule has 1 N–H and O–H groups in total. The minimum Gasteiger partial charge on any atom is -0.321 e. The zero-order chi connectivity index (χ0) is 13.2. The number of amides is 1. The minimum atomic E-state index is -0.234. The molecule has 1 aromatic heterocycles. The average molecular weight is 275 g/mol. The predicted molar refractivity (Wildman–Crippen MR) is 73.3 cm³/mol. The first kappa shape index (κ1) is 11.8. The van der Waals surface area contributed by atoms with Crippen molar-refractivity contribution in [3.8, 4) is 0 Å². The number of hydrogen-bond acceptors (Lipinski definition) is 3. The largest absolute Gasteiger partial charge is 0.321 e. The number of imidazole rings is 1. The van der Waals surface area contributed by atoms with Crippen LogP contribution >= 0.6 is 11.8 Å². The number of fused-ring (bicyclic) bond motifs is 1. The molecule has 0 spiro atoms. The molecule has 0 fully saturated rings. The van der Waals surface area contributed by atoms with Gasteiger partial charge in [0.2, 0.25) is 0 Å². The van der Waals surface area contributed by atoms with Gasteiger partial charge in [-0.1, -0.05) is 18.2 Å². The summed E-state index contributed by atoms with van der Waals surface area (Å²) in [5.41, 5.74) is 1.11. The maximum Gasteiger partial charge on any atom is 0.275 e. The maximum absolute atomic E-state index is 12.1. The molecular weight excluding hydrogens is 264 g/mol. The van der Waals surface area contributed by atoms with Crippen molar-refractivity contribution in [3.63, 3.8) is 0 Å². The number of hydrogen-bond donors (Lipinski definition) is 1. The van der Waals surface area contributed by atoms with Crippen LogP contribution in [0.25, 0.3) is 6.08 Å². The van der Waals surface area contributed by atoms with Gasteiger partial charge in [-0.3, -0.25) is 9.21 Å². The molecule has 19 heavy (non-hydrogen) atoms. The summed E-state index contributed by atoms with van der Waals surface area (Å²) in [6.45, 7) is 0.471. The summed E-state index contributed by atoms with van der Waals surface area (Å²) in [7, 11) is 0. The van der Waals surface area contributed by atoms with E-state index in [1.807, 2.05) is 34.9 Å². The van der Waals surface area contributed by atoms with E-state index in [9.17, 15) is 4.79 Å². The van der Waals surface area contributed by atoms with E-state index in [2.05, 4.69) is 10.3 Å². The second kappa shape index (κ2) is 4.78. The lowest BCUT2D eigenvalue weighted by Gasteiger charge is -2.16. The summed E-state index contributed by atoms with van der Waals surface area (Å²) in [5.74, 6) is 0.484. The molecule has 1 aliphatic heterocycles. The smallest absolute Gasteiger partial charge is 0.275 e. The molecule has 3 rings (SSSR count). The number of para-hydroxylation sites is 1. The highest BCUT2D eigenvalue weighted by molar-refractivity contribution is 6.14. The molecule has 1 amide bonds. The van der Waals surface area contributed by atoms with Crippen LogP contribution in [0.4, 0.5) is 5.69 Å². The van der Waals surface area contributed by atoms with Gasteiger partial charge in [-0.15, -0.1) is 0 Å². The van der Waals surface area contributed by atoms with Crippen molar-refractivity contribution in [1.29, 1.82) is 0 Å². The third kappa shape index (κ3) is 2.46. The summed E-state index contributed by atoms with van der Waals surface area (Å²) in [4.78, 5) is 16.3. The molecule has 96 valence electrons. The molecule has 5 nitrogen and oxygen atoms in total. The molecule has 0 radical (unpaired) electrons. The number of carbonyl (C=O) groups excluding carboxylic acids is 1. The number of halogens is 1. The van der Waals surface area contributed by atoms with Crippen LogP contribution in [0.2, 0.25) is 0 Å². The molecular formula is C13H11ClN4O. The zero-order valence-corrected chi connectivity index (χ0v) is 10.7. The summed E-state index contributed by atoms with van der Waals surface area (Å²) in [6.07, 6.45) is 5.16. The van der Waals surface area contributed by atoms with Gasteiger partial charge in [0.15, 0.2) is 0 Å². The van der Waals surface area contributed by atoms with Crippen molar-refractivity contribution in [2.24, 2.45) is 0 Å². The van der Waals surface area contributed by atoms with Crippen molar-refractivity contribution >= 4 is 29.4 Å². The Morgan fingerprint density at radius 1 is 1.32 bits per heavy atom. The van der Waals surface area contributed by atoms with E-state index in [1.165, 1.54) is 4.42 Å². The summed E-state index contributed by atoms with van der Waals surface area (Å²) < 4.78 is 3.31. The quantitative estimate of drug-likeness (QED) is 0.856. The molecule has 2 aromatic rings. The van der Waals surface area contributed by atoms with Crippen LogP contribution < -0.4 is 5.32 Å². The van der Waals surface area contributed by atoms with Crippen LogP contribution in [0, 0.1) is 0 Å². The summed E-state index contributed by atoms with van der Waals surface area (Å²) in [6, 6.07) is 9.28. The van der Waals surface area contributed by atoms with Gasteiger partial charge in [-0.05, 0) is 18.2 Å². The van der Waals surface area contributed by atoms with Crippen molar-refractivity contribution < 1.29 is 4.79 Å². The van der Waals surface area contributed by atoms with Gasteiger partial charge < -0.3 is 9.88 Å². The van der Waals surface area contributed by atoms with Crippen LogP contribution in [0.1, 0.15) is 16.3 Å². The number of nitrogens with zero attached hydrogens (tertiary/aromatic N) is 3. The average Bonchev–Trinajstić information content (AvgIpc) is 2.83. The number of carbonyl (C=O) groups is 1. The topological polar surface area (TPSA) is 50.2 Å². The van der Waals surface area contributed by atoms with Crippen LogP contribution in [-0.2, 0) is 6.67 Å². The summed E-state index contributed by atoms with van der Waals surface area (Å²) in [5, 5.41) is 2.79. The Balaban J connectivity index is 1.80. The number of nitrogens with one attached hydrogen (secondary N) is 1. The SMILES string of the molecule is O=C(Nc1ccccc1)c1cn2c(n1)C=CN(Cl)C2. The second-order valence-electron chi connectivity index (χ2n) is 4.13. The van der Waals surface area contributed by atoms with Gasteiger partial charge in [-0.2, -0.15) is 0 Å². The lowest BCUT2D eigenvalue weighted by atomic mass is 10.3. The molecule has 0 unspecified atom stereocenters. The third-order valence-electron chi connectivity index (χ3n) is 2.74. The monoisotopic (exact) mass is 274 g/mol. The fourth-order valence-corrected chi connectivity index (χ4v) is 2.01. The van der Waals surface area contributed by atoms with E-state index < -0.39 is 0 Å². The number of benzene rings is 1. The molecule has 0 bridgehead atoms. The van der Waals surface area contributed by atoms with Gasteiger partial charge in [0, 0.05) is 29.9 Å². The Morgan fingerprint density at radius 2 is 2.11 bits per heavy atom. The van der Waals surface area contributed by atoms with Crippen molar-refractivity contribution in [1.82, 2.24) is 14.0 Å². The van der Waals surface area contributed by atoms with E-state index in [-0.39, 0.29) is 5.91 Å². The van der Waals surface area contributed by atoms with E-state index in [0.717, 1.165) is 11.5 Å². The lowest BCUT2D eigenvalue weighted by molar-refractivity contribution is 0.102. The third-order valence-corrected chi connectivity index (χ3v) is 2.96. The Hall–Kier alpha value is -2.27. The minimum absolute atomic E-state index is 0.234. The Kier molecular flexibility index (Phi) is 2.97. The number of rotatable bonds is 2. The molecule has 0 saturated heterocycles. The zero-order valence-electron chi connectivity index (χ0n) is 9.95. The van der Waals surface area contributed by atoms with Gasteiger partial charge >= 0.3 is 0 Å². The van der Waals surface area contributed by atoms with E-state index in [4.69, 9.17) is 11.8 Å². The van der Waals surface area contributed by atoms with Gasteiger partial charge in [0.05, 0.1) is 0 Å². The van der Waals surface area contributed by atoms with E-state index in [0.29, 0.717) is 12.4 Å². The molecule has 0 aliphatic carbocycles. The Morgan fingerprint density at radius 3 is 2.89 bits per heavy atom. The lowest BCUT2D eigenvalue weighted by Crippen LogP contribution is -2.15. The van der Waals surface area contributed by atoms with Crippen LogP contribution in [0.5, 0.6) is 0 Å². The fraction of sp³-hybridized carbons (Fsp3) is 0.0769. The fourth-order valence-electron chi connectivity index (χ4n) is 1.84. The second-order valence-corrected chi connectivity index (χ2v) is 4.57. The van der Waals surface area contributed by atoms with Crippen molar-refractivity contribution in [2.45, 2.75) is 6.67 Å². The molecule has 6 heteroatoms. The molecule has 1 aromatic carbocycles. The van der Waals surface area contributed by atoms with Crippen LogP contribution in [0.3, 0.4) is 0 Å². The number of aromatic nitrogens is 2. The normalized spacial score (nSPS) is 13.2. The van der Waals surface area contributed by atoms with Crippen molar-refractivity contribution in [3.05, 3.63) is 54.2 Å². The number of anilines is 1.